The highest BCUT2D eigenvalue weighted by Gasteiger charge is 2.67. The van der Waals surface area contributed by atoms with Crippen LogP contribution in [0.25, 0.3) is 0 Å². The van der Waals surface area contributed by atoms with Gasteiger partial charge in [-0.05, 0) is 68.1 Å². The molecular weight excluding hydrogens is 332 g/mol. The van der Waals surface area contributed by atoms with Gasteiger partial charge in [-0.25, -0.2) is 0 Å². The summed E-state index contributed by atoms with van der Waals surface area (Å²) in [6, 6.07) is 0. The fourth-order valence-corrected chi connectivity index (χ4v) is 7.37. The molecule has 8 atom stereocenters. The summed E-state index contributed by atoms with van der Waals surface area (Å²) in [5.74, 6) is -0.00187. The highest BCUT2D eigenvalue weighted by Crippen LogP contribution is 2.67. The lowest BCUT2D eigenvalue weighted by atomic mass is 9.46. The second-order valence-corrected chi connectivity index (χ2v) is 9.74. The van der Waals surface area contributed by atoms with Gasteiger partial charge in [0.25, 0.3) is 0 Å². The molecule has 3 saturated carbocycles. The number of aliphatic hydroxyl groups excluding tert-OH is 3. The van der Waals surface area contributed by atoms with Gasteiger partial charge in [0, 0.05) is 5.41 Å². The van der Waals surface area contributed by atoms with Gasteiger partial charge >= 0.3 is 0 Å². The molecule has 0 bridgehead atoms. The number of allylic oxidation sites excluding steroid dienone is 1. The van der Waals surface area contributed by atoms with Crippen LogP contribution < -0.4 is 0 Å². The summed E-state index contributed by atoms with van der Waals surface area (Å²) in [6.45, 7) is 3.51. The lowest BCUT2D eigenvalue weighted by Gasteiger charge is -2.60. The first-order valence-corrected chi connectivity index (χ1v) is 10.1. The number of Topliss-reactive ketones (excluding diaryl/α,β-unsaturated/α-hetero) is 1. The van der Waals surface area contributed by atoms with Crippen molar-refractivity contribution in [3.8, 4) is 0 Å². The third kappa shape index (κ3) is 2.20. The highest BCUT2D eigenvalue weighted by atomic mass is 16.3. The van der Waals surface area contributed by atoms with Crippen LogP contribution >= 0.6 is 0 Å². The molecule has 4 N–H and O–H groups in total. The number of carbonyl (C=O) groups is 1. The van der Waals surface area contributed by atoms with Crippen LogP contribution in [0, 0.1) is 28.6 Å². The largest absolute Gasteiger partial charge is 0.393 e. The van der Waals surface area contributed by atoms with E-state index in [4.69, 9.17) is 0 Å². The maximum atomic E-state index is 12.4. The molecule has 0 aromatic heterocycles. The Kier molecular flexibility index (Phi) is 4.20. The predicted octanol–water partition coefficient (Wildman–Crippen LogP) is 1.57. The normalized spacial score (nSPS) is 53.3. The highest BCUT2D eigenvalue weighted by molar-refractivity contribution is 5.89. The van der Waals surface area contributed by atoms with Crippen molar-refractivity contribution >= 4 is 5.78 Å². The molecule has 4 rings (SSSR count). The van der Waals surface area contributed by atoms with E-state index in [1.54, 1.807) is 0 Å². The minimum Gasteiger partial charge on any atom is -0.393 e. The van der Waals surface area contributed by atoms with Crippen LogP contribution in [-0.2, 0) is 4.79 Å². The molecule has 0 aliphatic heterocycles. The Balaban J connectivity index is 1.73. The van der Waals surface area contributed by atoms with Crippen LogP contribution in [0.4, 0.5) is 0 Å². The molecule has 0 saturated heterocycles. The Hall–Kier alpha value is -0.750. The summed E-state index contributed by atoms with van der Waals surface area (Å²) in [5.41, 5.74) is -1.06. The molecule has 0 spiro atoms. The standard InChI is InChI=1S/C21H32O5/c1-19-7-5-13(23)9-12(19)3-4-14-15-6-8-21(26,17(25)11-22)20(15,2)10-16(24)18(14)19/h3,13-16,18,22-24,26H,4-11H2,1-2H3/t13-,14+,15+,16+,18-,19+,20+,21+/m1/s1. The minimum absolute atomic E-state index is 0.107. The van der Waals surface area contributed by atoms with E-state index in [0.29, 0.717) is 19.3 Å². The Labute approximate surface area is 155 Å². The van der Waals surface area contributed by atoms with Crippen LogP contribution in [0.5, 0.6) is 0 Å². The molecule has 4 aliphatic carbocycles. The average molecular weight is 364 g/mol. The first kappa shape index (κ1) is 18.6. The van der Waals surface area contributed by atoms with E-state index in [2.05, 4.69) is 13.0 Å². The molecule has 3 fully saturated rings. The number of hydrogen-bond acceptors (Lipinski definition) is 5. The summed E-state index contributed by atoms with van der Waals surface area (Å²) in [4.78, 5) is 12.4. The quantitative estimate of drug-likeness (QED) is 0.558. The van der Waals surface area contributed by atoms with E-state index in [1.165, 1.54) is 5.57 Å². The van der Waals surface area contributed by atoms with Crippen LogP contribution in [0.15, 0.2) is 11.6 Å². The van der Waals surface area contributed by atoms with Gasteiger partial charge in [0.2, 0.25) is 0 Å². The number of rotatable bonds is 2. The Morgan fingerprint density at radius 3 is 2.65 bits per heavy atom. The van der Waals surface area contributed by atoms with Crippen LogP contribution in [0.2, 0.25) is 0 Å². The van der Waals surface area contributed by atoms with Crippen molar-refractivity contribution in [2.75, 3.05) is 6.61 Å². The zero-order chi connectivity index (χ0) is 18.9. The maximum Gasteiger partial charge on any atom is 0.190 e. The predicted molar refractivity (Wildman–Crippen MR) is 96.1 cm³/mol. The molecule has 4 aliphatic rings. The minimum atomic E-state index is -1.54. The fraction of sp³-hybridized carbons (Fsp3) is 0.857. The first-order valence-electron chi connectivity index (χ1n) is 10.1. The lowest BCUT2D eigenvalue weighted by molar-refractivity contribution is -0.180. The van der Waals surface area contributed by atoms with Gasteiger partial charge in [0.1, 0.15) is 12.2 Å². The molecule has 0 heterocycles. The fourth-order valence-electron chi connectivity index (χ4n) is 7.37. The molecule has 0 amide bonds. The van der Waals surface area contributed by atoms with Gasteiger partial charge < -0.3 is 20.4 Å². The maximum absolute atomic E-state index is 12.4. The zero-order valence-electron chi connectivity index (χ0n) is 15.8. The smallest absolute Gasteiger partial charge is 0.190 e. The molecular formula is C21H32O5. The van der Waals surface area contributed by atoms with Crippen molar-refractivity contribution in [3.05, 3.63) is 11.6 Å². The van der Waals surface area contributed by atoms with Gasteiger partial charge in [0.15, 0.2) is 5.78 Å². The molecule has 5 nitrogen and oxygen atoms in total. The van der Waals surface area contributed by atoms with E-state index < -0.39 is 29.5 Å². The summed E-state index contributed by atoms with van der Waals surface area (Å²) in [5, 5.41) is 41.8. The second kappa shape index (κ2) is 5.87. The van der Waals surface area contributed by atoms with E-state index >= 15 is 0 Å². The van der Waals surface area contributed by atoms with Gasteiger partial charge in [-0.2, -0.15) is 0 Å². The Morgan fingerprint density at radius 1 is 1.23 bits per heavy atom. The summed E-state index contributed by atoms with van der Waals surface area (Å²) < 4.78 is 0. The van der Waals surface area contributed by atoms with Gasteiger partial charge in [-0.15, -0.1) is 0 Å². The molecule has 0 aromatic carbocycles. The number of fused-ring (bicyclic) bond motifs is 5. The Morgan fingerprint density at radius 2 is 1.96 bits per heavy atom. The van der Waals surface area contributed by atoms with E-state index in [1.807, 2.05) is 6.92 Å². The topological polar surface area (TPSA) is 98.0 Å². The lowest BCUT2D eigenvalue weighted by Crippen LogP contribution is -2.61. The third-order valence-electron chi connectivity index (χ3n) is 8.77. The van der Waals surface area contributed by atoms with Crippen molar-refractivity contribution in [1.29, 1.82) is 0 Å². The van der Waals surface area contributed by atoms with Crippen molar-refractivity contribution in [1.82, 2.24) is 0 Å². The summed E-state index contributed by atoms with van der Waals surface area (Å²) in [6.07, 6.45) is 6.09. The SMILES string of the molecule is C[C@]12CC[C@@H](O)CC1=CC[C@@H]1[C@@H]2[C@@H](O)C[C@@]2(C)[C@H]1CC[C@]2(O)C(=O)CO. The molecule has 5 heteroatoms. The van der Waals surface area contributed by atoms with Gasteiger partial charge in [0.05, 0.1) is 12.2 Å². The van der Waals surface area contributed by atoms with Gasteiger partial charge in [-0.1, -0.05) is 25.5 Å². The zero-order valence-corrected chi connectivity index (χ0v) is 15.8. The molecule has 0 radical (unpaired) electrons. The number of hydrogen-bond donors (Lipinski definition) is 4. The van der Waals surface area contributed by atoms with Crippen LogP contribution in [0.1, 0.15) is 58.8 Å². The van der Waals surface area contributed by atoms with Crippen molar-refractivity contribution in [3.63, 3.8) is 0 Å². The monoisotopic (exact) mass is 364 g/mol. The number of aliphatic hydroxyl groups is 4. The summed E-state index contributed by atoms with van der Waals surface area (Å²) in [7, 11) is 0. The molecule has 0 unspecified atom stereocenters. The van der Waals surface area contributed by atoms with E-state index in [9.17, 15) is 25.2 Å². The average Bonchev–Trinajstić information content (AvgIpc) is 2.86. The number of carbonyl (C=O) groups excluding carboxylic acids is 1. The van der Waals surface area contributed by atoms with Gasteiger partial charge in [-0.3, -0.25) is 4.79 Å². The van der Waals surface area contributed by atoms with Crippen LogP contribution in [-0.4, -0.2) is 50.6 Å². The van der Waals surface area contributed by atoms with Crippen molar-refractivity contribution in [2.45, 2.75) is 76.6 Å². The third-order valence-corrected chi connectivity index (χ3v) is 8.77. The van der Waals surface area contributed by atoms with E-state index in [0.717, 1.165) is 25.7 Å². The second-order valence-electron chi connectivity index (χ2n) is 9.74. The Bertz CT molecular complexity index is 644. The molecule has 26 heavy (non-hydrogen) atoms. The van der Waals surface area contributed by atoms with Crippen molar-refractivity contribution in [2.24, 2.45) is 28.6 Å². The molecule has 0 aromatic rings. The molecule has 146 valence electrons. The van der Waals surface area contributed by atoms with E-state index in [-0.39, 0.29) is 29.3 Å². The first-order chi connectivity index (χ1) is 12.2. The van der Waals surface area contributed by atoms with Crippen LogP contribution in [0.3, 0.4) is 0 Å². The summed E-state index contributed by atoms with van der Waals surface area (Å²) >= 11 is 0. The number of ketones is 1. The van der Waals surface area contributed by atoms with Crippen molar-refractivity contribution < 1.29 is 25.2 Å².